The van der Waals surface area contributed by atoms with Crippen LogP contribution in [0.3, 0.4) is 0 Å². The summed E-state index contributed by atoms with van der Waals surface area (Å²) in [5, 5.41) is 0. The fourth-order valence-corrected chi connectivity index (χ4v) is 3.25. The van der Waals surface area contributed by atoms with E-state index in [1.807, 2.05) is 24.3 Å². The van der Waals surface area contributed by atoms with Gasteiger partial charge in [0.2, 0.25) is 10.0 Å². The predicted octanol–water partition coefficient (Wildman–Crippen LogP) is 1.97. The highest BCUT2D eigenvalue weighted by Crippen LogP contribution is 2.12. The van der Waals surface area contributed by atoms with Gasteiger partial charge in [0, 0.05) is 13.6 Å². The second-order valence-electron chi connectivity index (χ2n) is 6.23. The van der Waals surface area contributed by atoms with Crippen molar-refractivity contribution in [1.82, 2.24) is 9.62 Å². The Morgan fingerprint density at radius 2 is 1.71 bits per heavy atom. The van der Waals surface area contributed by atoms with Crippen molar-refractivity contribution < 1.29 is 22.7 Å². The van der Waals surface area contributed by atoms with Crippen molar-refractivity contribution in [3.63, 3.8) is 0 Å². The van der Waals surface area contributed by atoms with E-state index in [4.69, 9.17) is 4.74 Å². The number of carbonyl (C=O) groups excluding carboxylic acids is 2. The number of hydrogen-bond acceptors (Lipinski definition) is 5. The highest BCUT2D eigenvalue weighted by Gasteiger charge is 2.17. The molecule has 0 saturated heterocycles. The van der Waals surface area contributed by atoms with Crippen molar-refractivity contribution in [2.75, 3.05) is 20.7 Å². The van der Waals surface area contributed by atoms with E-state index < -0.39 is 22.6 Å². The van der Waals surface area contributed by atoms with Crippen LogP contribution in [0.4, 0.5) is 0 Å². The number of likely N-dealkylation sites (N-methyl/N-ethyl adjacent to an activating group) is 1. The Morgan fingerprint density at radius 1 is 1.07 bits per heavy atom. The van der Waals surface area contributed by atoms with E-state index in [1.165, 1.54) is 41.8 Å². The smallest absolute Gasteiger partial charge is 0.338 e. The summed E-state index contributed by atoms with van der Waals surface area (Å²) < 4.78 is 30.9. The van der Waals surface area contributed by atoms with Crippen LogP contribution in [0.5, 0.6) is 0 Å². The summed E-state index contributed by atoms with van der Waals surface area (Å²) in [6, 6.07) is 13.4. The number of benzene rings is 2. The summed E-state index contributed by atoms with van der Waals surface area (Å²) in [6.07, 6.45) is 0.946. The number of nitrogens with one attached hydrogen (secondary N) is 1. The van der Waals surface area contributed by atoms with Gasteiger partial charge in [0.1, 0.15) is 0 Å². The predicted molar refractivity (Wildman–Crippen MR) is 105 cm³/mol. The van der Waals surface area contributed by atoms with E-state index in [2.05, 4.69) is 11.6 Å². The topological polar surface area (TPSA) is 92.8 Å². The molecule has 1 amide bonds. The standard InChI is InChI=1S/C20H24N2O5S/c1-4-15-8-10-16(11-9-15)13-22(3)19(23)14-27-20(24)17-6-5-7-18(12-17)28(25,26)21-2/h5-12,21H,4,13-14H2,1-3H3. The lowest BCUT2D eigenvalue weighted by Crippen LogP contribution is -2.30. The van der Waals surface area contributed by atoms with E-state index in [0.29, 0.717) is 6.54 Å². The maximum Gasteiger partial charge on any atom is 0.338 e. The minimum Gasteiger partial charge on any atom is -0.452 e. The first kappa shape index (κ1) is 21.6. The summed E-state index contributed by atoms with van der Waals surface area (Å²) in [5.74, 6) is -1.12. The molecule has 0 saturated carbocycles. The quantitative estimate of drug-likeness (QED) is 0.679. The third kappa shape index (κ3) is 5.64. The zero-order valence-electron chi connectivity index (χ0n) is 16.1. The van der Waals surface area contributed by atoms with Crippen LogP contribution in [0.2, 0.25) is 0 Å². The molecule has 2 aromatic carbocycles. The molecule has 0 unspecified atom stereocenters. The van der Waals surface area contributed by atoms with Crippen LogP contribution in [0.15, 0.2) is 53.4 Å². The minimum atomic E-state index is -3.67. The van der Waals surface area contributed by atoms with Crippen molar-refractivity contribution in [1.29, 1.82) is 0 Å². The molecule has 0 fully saturated rings. The SMILES string of the molecule is CCc1ccc(CN(C)C(=O)COC(=O)c2cccc(S(=O)(=O)NC)c2)cc1. The first-order valence-electron chi connectivity index (χ1n) is 8.79. The Hall–Kier alpha value is -2.71. The van der Waals surface area contributed by atoms with Gasteiger partial charge in [0.05, 0.1) is 10.5 Å². The van der Waals surface area contributed by atoms with Crippen LogP contribution >= 0.6 is 0 Å². The van der Waals surface area contributed by atoms with Crippen molar-refractivity contribution in [3.05, 3.63) is 65.2 Å². The van der Waals surface area contributed by atoms with E-state index in [0.717, 1.165) is 12.0 Å². The molecule has 2 aromatic rings. The van der Waals surface area contributed by atoms with Crippen molar-refractivity contribution in [2.24, 2.45) is 0 Å². The molecule has 1 N–H and O–H groups in total. The van der Waals surface area contributed by atoms with Gasteiger partial charge in [0.15, 0.2) is 6.61 Å². The van der Waals surface area contributed by atoms with Crippen LogP contribution in [0.25, 0.3) is 0 Å². The highest BCUT2D eigenvalue weighted by molar-refractivity contribution is 7.89. The summed E-state index contributed by atoms with van der Waals surface area (Å²) >= 11 is 0. The lowest BCUT2D eigenvalue weighted by Gasteiger charge is -2.17. The molecule has 0 spiro atoms. The van der Waals surface area contributed by atoms with Gasteiger partial charge in [-0.15, -0.1) is 0 Å². The maximum absolute atomic E-state index is 12.2. The van der Waals surface area contributed by atoms with Crippen LogP contribution < -0.4 is 4.72 Å². The summed E-state index contributed by atoms with van der Waals surface area (Å²) in [5.41, 5.74) is 2.25. The number of hydrogen-bond donors (Lipinski definition) is 1. The molecule has 0 bridgehead atoms. The van der Waals surface area contributed by atoms with Gasteiger partial charge in [-0.3, -0.25) is 4.79 Å². The molecular weight excluding hydrogens is 380 g/mol. The zero-order valence-corrected chi connectivity index (χ0v) is 17.0. The third-order valence-corrected chi connectivity index (χ3v) is 5.66. The molecule has 0 aliphatic carbocycles. The first-order valence-corrected chi connectivity index (χ1v) is 10.3. The summed E-state index contributed by atoms with van der Waals surface area (Å²) in [4.78, 5) is 25.8. The number of sulfonamides is 1. The minimum absolute atomic E-state index is 0.0524. The van der Waals surface area contributed by atoms with Gasteiger partial charge < -0.3 is 9.64 Å². The molecule has 0 aliphatic rings. The average molecular weight is 404 g/mol. The molecule has 8 heteroatoms. The fraction of sp³-hybridized carbons (Fsp3) is 0.300. The van der Waals surface area contributed by atoms with E-state index >= 15 is 0 Å². The van der Waals surface area contributed by atoms with Gasteiger partial charge in [-0.25, -0.2) is 17.9 Å². The molecule has 0 radical (unpaired) electrons. The fourth-order valence-electron chi connectivity index (χ4n) is 2.47. The highest BCUT2D eigenvalue weighted by atomic mass is 32.2. The summed E-state index contributed by atoms with van der Waals surface area (Å²) in [6.45, 7) is 2.05. The monoisotopic (exact) mass is 404 g/mol. The number of carbonyl (C=O) groups is 2. The van der Waals surface area contributed by atoms with Gasteiger partial charge in [0.25, 0.3) is 5.91 Å². The summed E-state index contributed by atoms with van der Waals surface area (Å²) in [7, 11) is -0.760. The molecule has 2 rings (SSSR count). The Kier molecular flexibility index (Phi) is 7.31. The Labute approximate surface area is 165 Å². The zero-order chi connectivity index (χ0) is 20.7. The number of esters is 1. The molecule has 0 atom stereocenters. The van der Waals surface area contributed by atoms with Crippen molar-refractivity contribution in [3.8, 4) is 0 Å². The van der Waals surface area contributed by atoms with E-state index in [9.17, 15) is 18.0 Å². The van der Waals surface area contributed by atoms with Crippen molar-refractivity contribution in [2.45, 2.75) is 24.8 Å². The number of aryl methyl sites for hydroxylation is 1. The van der Waals surface area contributed by atoms with Crippen LogP contribution in [0.1, 0.15) is 28.4 Å². The van der Waals surface area contributed by atoms with Gasteiger partial charge in [-0.2, -0.15) is 0 Å². The van der Waals surface area contributed by atoms with Crippen LogP contribution in [-0.4, -0.2) is 45.9 Å². The Bertz CT molecular complexity index is 939. The number of ether oxygens (including phenoxy) is 1. The lowest BCUT2D eigenvalue weighted by molar-refractivity contribution is -0.133. The maximum atomic E-state index is 12.2. The molecule has 150 valence electrons. The van der Waals surface area contributed by atoms with Crippen molar-refractivity contribution >= 4 is 21.9 Å². The van der Waals surface area contributed by atoms with Crippen LogP contribution in [-0.2, 0) is 32.5 Å². The molecule has 7 nitrogen and oxygen atoms in total. The van der Waals surface area contributed by atoms with Gasteiger partial charge >= 0.3 is 5.97 Å². The molecule has 0 aromatic heterocycles. The average Bonchev–Trinajstić information content (AvgIpc) is 2.72. The number of rotatable bonds is 8. The second kappa shape index (κ2) is 9.48. The number of amides is 1. The Balaban J connectivity index is 1.94. The van der Waals surface area contributed by atoms with Gasteiger partial charge in [-0.05, 0) is 42.8 Å². The first-order chi connectivity index (χ1) is 13.3. The normalized spacial score (nSPS) is 11.1. The largest absolute Gasteiger partial charge is 0.452 e. The second-order valence-corrected chi connectivity index (χ2v) is 8.12. The molecule has 0 heterocycles. The van der Waals surface area contributed by atoms with Crippen LogP contribution in [0, 0.1) is 0 Å². The molecule has 28 heavy (non-hydrogen) atoms. The van der Waals surface area contributed by atoms with E-state index in [1.54, 1.807) is 7.05 Å². The van der Waals surface area contributed by atoms with E-state index in [-0.39, 0.29) is 16.4 Å². The Morgan fingerprint density at radius 3 is 2.32 bits per heavy atom. The molecular formula is C20H24N2O5S. The lowest BCUT2D eigenvalue weighted by atomic mass is 10.1. The third-order valence-electron chi connectivity index (χ3n) is 4.25. The van der Waals surface area contributed by atoms with Gasteiger partial charge in [-0.1, -0.05) is 37.3 Å². The molecule has 0 aliphatic heterocycles. The number of nitrogens with zero attached hydrogens (tertiary/aromatic N) is 1.